The zero-order chi connectivity index (χ0) is 16.9. The van der Waals surface area contributed by atoms with Crippen LogP contribution in [0, 0.1) is 25.2 Å². The topological polar surface area (TPSA) is 73.6 Å². The van der Waals surface area contributed by atoms with Gasteiger partial charge in [-0.15, -0.1) is 0 Å². The fraction of sp³-hybridized carbons (Fsp3) is 0.105. The van der Waals surface area contributed by atoms with Crippen LogP contribution >= 0.6 is 0 Å². The van der Waals surface area contributed by atoms with Gasteiger partial charge in [0.15, 0.2) is 0 Å². The van der Waals surface area contributed by atoms with Gasteiger partial charge in [-0.3, -0.25) is 0 Å². The molecule has 3 rings (SSSR count). The van der Waals surface area contributed by atoms with Gasteiger partial charge in [0.25, 0.3) is 0 Å². The molecule has 0 aliphatic carbocycles. The van der Waals surface area contributed by atoms with Crippen molar-refractivity contribution in [2.75, 3.05) is 10.6 Å². The Balaban J connectivity index is 1.84. The molecule has 0 radical (unpaired) electrons. The van der Waals surface area contributed by atoms with Crippen molar-refractivity contribution in [2.24, 2.45) is 0 Å². The van der Waals surface area contributed by atoms with E-state index in [1.807, 2.05) is 30.3 Å². The molecule has 2 N–H and O–H groups in total. The number of nitrogens with one attached hydrogen (secondary N) is 2. The molecule has 0 spiro atoms. The summed E-state index contributed by atoms with van der Waals surface area (Å²) in [6.07, 6.45) is 1.68. The molecule has 3 aromatic rings. The molecule has 0 atom stereocenters. The van der Waals surface area contributed by atoms with Crippen LogP contribution in [0.5, 0.6) is 0 Å². The number of hydrogen-bond donors (Lipinski definition) is 2. The molecule has 118 valence electrons. The first kappa shape index (κ1) is 15.5. The SMILES string of the molecule is Cc1cccc(Nc2nccc(Nc3ccccc3C#N)n2)c1C. The van der Waals surface area contributed by atoms with E-state index in [1.165, 1.54) is 5.56 Å². The first-order chi connectivity index (χ1) is 11.7. The molecule has 1 aromatic heterocycles. The van der Waals surface area contributed by atoms with Crippen LogP contribution in [0.25, 0.3) is 0 Å². The van der Waals surface area contributed by atoms with Crippen LogP contribution in [0.15, 0.2) is 54.7 Å². The molecule has 0 aliphatic heterocycles. The van der Waals surface area contributed by atoms with Crippen molar-refractivity contribution in [1.82, 2.24) is 9.97 Å². The van der Waals surface area contributed by atoms with Gasteiger partial charge in [0.2, 0.25) is 5.95 Å². The molecule has 0 aliphatic rings. The van der Waals surface area contributed by atoms with Crippen LogP contribution in [0.1, 0.15) is 16.7 Å². The van der Waals surface area contributed by atoms with Gasteiger partial charge in [-0.1, -0.05) is 24.3 Å². The van der Waals surface area contributed by atoms with E-state index < -0.39 is 0 Å². The van der Waals surface area contributed by atoms with E-state index in [4.69, 9.17) is 5.26 Å². The van der Waals surface area contributed by atoms with Crippen molar-refractivity contribution in [3.63, 3.8) is 0 Å². The lowest BCUT2D eigenvalue weighted by Crippen LogP contribution is -2.02. The Morgan fingerprint density at radius 2 is 1.71 bits per heavy atom. The highest BCUT2D eigenvalue weighted by Gasteiger charge is 2.06. The van der Waals surface area contributed by atoms with Crippen LogP contribution in [0.4, 0.5) is 23.1 Å². The van der Waals surface area contributed by atoms with Crippen molar-refractivity contribution in [1.29, 1.82) is 5.26 Å². The number of hydrogen-bond acceptors (Lipinski definition) is 5. The van der Waals surface area contributed by atoms with Crippen molar-refractivity contribution in [3.05, 3.63) is 71.4 Å². The Labute approximate surface area is 141 Å². The second-order valence-electron chi connectivity index (χ2n) is 5.42. The number of aromatic nitrogens is 2. The minimum Gasteiger partial charge on any atom is -0.339 e. The maximum atomic E-state index is 9.17. The summed E-state index contributed by atoms with van der Waals surface area (Å²) in [4.78, 5) is 8.73. The van der Waals surface area contributed by atoms with Crippen molar-refractivity contribution >= 4 is 23.1 Å². The summed E-state index contributed by atoms with van der Waals surface area (Å²) >= 11 is 0. The summed E-state index contributed by atoms with van der Waals surface area (Å²) in [5.74, 6) is 1.13. The normalized spacial score (nSPS) is 10.0. The van der Waals surface area contributed by atoms with Crippen molar-refractivity contribution in [2.45, 2.75) is 13.8 Å². The highest BCUT2D eigenvalue weighted by atomic mass is 15.1. The highest BCUT2D eigenvalue weighted by molar-refractivity contribution is 5.66. The maximum Gasteiger partial charge on any atom is 0.229 e. The van der Waals surface area contributed by atoms with Crippen LogP contribution in [-0.2, 0) is 0 Å². The van der Waals surface area contributed by atoms with Crippen molar-refractivity contribution < 1.29 is 0 Å². The molecule has 0 bridgehead atoms. The number of benzene rings is 2. The predicted molar refractivity (Wildman–Crippen MR) is 95.7 cm³/mol. The van der Waals surface area contributed by atoms with Gasteiger partial charge >= 0.3 is 0 Å². The van der Waals surface area contributed by atoms with Gasteiger partial charge in [0, 0.05) is 11.9 Å². The van der Waals surface area contributed by atoms with E-state index in [9.17, 15) is 0 Å². The molecule has 0 amide bonds. The van der Waals surface area contributed by atoms with Gasteiger partial charge < -0.3 is 10.6 Å². The lowest BCUT2D eigenvalue weighted by Gasteiger charge is -2.12. The summed E-state index contributed by atoms with van der Waals surface area (Å²) in [6, 6.07) is 17.3. The zero-order valence-electron chi connectivity index (χ0n) is 13.5. The van der Waals surface area contributed by atoms with Gasteiger partial charge in [0.1, 0.15) is 11.9 Å². The monoisotopic (exact) mass is 315 g/mol. The number of anilines is 4. The van der Waals surface area contributed by atoms with E-state index in [0.717, 1.165) is 16.9 Å². The zero-order valence-corrected chi connectivity index (χ0v) is 13.5. The molecule has 0 saturated carbocycles. The number of aryl methyl sites for hydroxylation is 1. The minimum atomic E-state index is 0.503. The molecule has 5 nitrogen and oxygen atoms in total. The van der Waals surface area contributed by atoms with Crippen LogP contribution in [0.3, 0.4) is 0 Å². The number of para-hydroxylation sites is 1. The molecule has 5 heteroatoms. The van der Waals surface area contributed by atoms with E-state index in [1.54, 1.807) is 18.3 Å². The highest BCUT2D eigenvalue weighted by Crippen LogP contribution is 2.23. The Kier molecular flexibility index (Phi) is 4.39. The fourth-order valence-electron chi connectivity index (χ4n) is 2.32. The average molecular weight is 315 g/mol. The summed E-state index contributed by atoms with van der Waals surface area (Å²) in [6.45, 7) is 4.13. The standard InChI is InChI=1S/C19H17N5/c1-13-6-5-9-16(14(13)2)23-19-21-11-10-18(24-19)22-17-8-4-3-7-15(17)12-20/h3-11H,1-2H3,(H2,21,22,23,24). The maximum absolute atomic E-state index is 9.17. The summed E-state index contributed by atoms with van der Waals surface area (Å²) in [5.41, 5.74) is 4.63. The molecular formula is C19H17N5. The van der Waals surface area contributed by atoms with Crippen LogP contribution < -0.4 is 10.6 Å². The number of rotatable bonds is 4. The predicted octanol–water partition coefficient (Wildman–Crippen LogP) is 4.45. The molecule has 1 heterocycles. The minimum absolute atomic E-state index is 0.503. The average Bonchev–Trinajstić information content (AvgIpc) is 2.60. The fourth-order valence-corrected chi connectivity index (χ4v) is 2.32. The molecule has 0 fully saturated rings. The second-order valence-corrected chi connectivity index (χ2v) is 5.42. The summed E-state index contributed by atoms with van der Waals surface area (Å²) in [7, 11) is 0. The first-order valence-electron chi connectivity index (χ1n) is 7.60. The molecule has 0 unspecified atom stereocenters. The van der Waals surface area contributed by atoms with E-state index in [0.29, 0.717) is 17.3 Å². The molecule has 2 aromatic carbocycles. The third-order valence-corrected chi connectivity index (χ3v) is 3.82. The molecule has 24 heavy (non-hydrogen) atoms. The van der Waals surface area contributed by atoms with Gasteiger partial charge in [-0.25, -0.2) is 4.98 Å². The molecule has 0 saturated heterocycles. The van der Waals surface area contributed by atoms with Gasteiger partial charge in [-0.05, 0) is 49.2 Å². The lowest BCUT2D eigenvalue weighted by molar-refractivity contribution is 1.16. The Morgan fingerprint density at radius 3 is 2.54 bits per heavy atom. The largest absolute Gasteiger partial charge is 0.339 e. The van der Waals surface area contributed by atoms with E-state index >= 15 is 0 Å². The summed E-state index contributed by atoms with van der Waals surface area (Å²) < 4.78 is 0. The smallest absolute Gasteiger partial charge is 0.229 e. The number of nitriles is 1. The van der Waals surface area contributed by atoms with Crippen LogP contribution in [0.2, 0.25) is 0 Å². The van der Waals surface area contributed by atoms with E-state index in [-0.39, 0.29) is 0 Å². The van der Waals surface area contributed by atoms with E-state index in [2.05, 4.69) is 46.6 Å². The number of nitrogens with zero attached hydrogens (tertiary/aromatic N) is 3. The summed E-state index contributed by atoms with van der Waals surface area (Å²) in [5, 5.41) is 15.6. The second kappa shape index (κ2) is 6.80. The lowest BCUT2D eigenvalue weighted by atomic mass is 10.1. The quantitative estimate of drug-likeness (QED) is 0.744. The Bertz CT molecular complexity index is 912. The van der Waals surface area contributed by atoms with Crippen LogP contribution in [-0.4, -0.2) is 9.97 Å². The van der Waals surface area contributed by atoms with Gasteiger partial charge in [-0.2, -0.15) is 10.2 Å². The van der Waals surface area contributed by atoms with Gasteiger partial charge in [0.05, 0.1) is 11.3 Å². The molecular weight excluding hydrogens is 298 g/mol. The first-order valence-corrected chi connectivity index (χ1v) is 7.60. The third-order valence-electron chi connectivity index (χ3n) is 3.82. The Morgan fingerprint density at radius 1 is 0.917 bits per heavy atom. The Hall–Kier alpha value is -3.39. The van der Waals surface area contributed by atoms with Crippen molar-refractivity contribution in [3.8, 4) is 6.07 Å². The third kappa shape index (κ3) is 3.33.